The van der Waals surface area contributed by atoms with Gasteiger partial charge in [-0.1, -0.05) is 13.8 Å². The van der Waals surface area contributed by atoms with Crippen molar-refractivity contribution in [1.82, 2.24) is 9.97 Å². The van der Waals surface area contributed by atoms with Crippen molar-refractivity contribution >= 4 is 11.6 Å². The van der Waals surface area contributed by atoms with E-state index in [0.29, 0.717) is 6.04 Å². The Balaban J connectivity index is 2.04. The summed E-state index contributed by atoms with van der Waals surface area (Å²) in [6.45, 7) is 6.81. The maximum absolute atomic E-state index is 5.48. The van der Waals surface area contributed by atoms with E-state index in [1.54, 1.807) is 0 Å². The third-order valence-electron chi connectivity index (χ3n) is 3.16. The van der Waals surface area contributed by atoms with Gasteiger partial charge in [-0.2, -0.15) is 0 Å². The second kappa shape index (κ2) is 7.28. The molecule has 19 heavy (non-hydrogen) atoms. The highest BCUT2D eigenvalue weighted by Gasteiger charge is 2.14. The molecule has 1 aromatic rings. The minimum atomic E-state index is 0.368. The molecular weight excluding hydrogens is 240 g/mol. The van der Waals surface area contributed by atoms with Gasteiger partial charge in [0.15, 0.2) is 0 Å². The standard InChI is InChI=1S/C14H24N4O/c1-3-7-15-13-9-14(18-12(4-2)17-13)16-11-6-5-8-19-10-11/h9,11H,3-8,10H2,1-2H3,(H2,15,16,17,18). The molecule has 1 atom stereocenters. The third-order valence-corrected chi connectivity index (χ3v) is 3.16. The van der Waals surface area contributed by atoms with Crippen LogP contribution in [0, 0.1) is 0 Å². The summed E-state index contributed by atoms with van der Waals surface area (Å²) in [7, 11) is 0. The lowest BCUT2D eigenvalue weighted by atomic mass is 10.1. The summed E-state index contributed by atoms with van der Waals surface area (Å²) in [6, 6.07) is 2.36. The lowest BCUT2D eigenvalue weighted by molar-refractivity contribution is 0.0875. The number of aromatic nitrogens is 2. The van der Waals surface area contributed by atoms with Crippen LogP contribution >= 0.6 is 0 Å². The van der Waals surface area contributed by atoms with Crippen LogP contribution in [-0.2, 0) is 11.2 Å². The van der Waals surface area contributed by atoms with Crippen molar-refractivity contribution in [2.75, 3.05) is 30.4 Å². The maximum Gasteiger partial charge on any atom is 0.132 e. The van der Waals surface area contributed by atoms with Crippen molar-refractivity contribution in [3.63, 3.8) is 0 Å². The lowest BCUT2D eigenvalue weighted by Crippen LogP contribution is -2.30. The van der Waals surface area contributed by atoms with Gasteiger partial charge in [0.1, 0.15) is 17.5 Å². The molecule has 0 bridgehead atoms. The molecule has 1 aliphatic rings. The molecule has 106 valence electrons. The van der Waals surface area contributed by atoms with E-state index >= 15 is 0 Å². The van der Waals surface area contributed by atoms with Gasteiger partial charge in [-0.25, -0.2) is 9.97 Å². The van der Waals surface area contributed by atoms with Gasteiger partial charge in [0, 0.05) is 25.6 Å². The number of nitrogens with one attached hydrogen (secondary N) is 2. The Morgan fingerprint density at radius 3 is 2.84 bits per heavy atom. The van der Waals surface area contributed by atoms with Gasteiger partial charge in [0.05, 0.1) is 12.6 Å². The number of aryl methyl sites for hydroxylation is 1. The van der Waals surface area contributed by atoms with Crippen LogP contribution in [-0.4, -0.2) is 35.8 Å². The van der Waals surface area contributed by atoms with Crippen LogP contribution in [0.1, 0.15) is 38.9 Å². The van der Waals surface area contributed by atoms with E-state index in [4.69, 9.17) is 4.74 Å². The molecule has 2 rings (SSSR count). The second-order valence-electron chi connectivity index (χ2n) is 4.89. The van der Waals surface area contributed by atoms with Gasteiger partial charge in [-0.3, -0.25) is 0 Å². The van der Waals surface area contributed by atoms with Crippen LogP contribution in [0.2, 0.25) is 0 Å². The number of rotatable bonds is 6. The molecule has 0 aliphatic carbocycles. The lowest BCUT2D eigenvalue weighted by Gasteiger charge is -2.24. The minimum Gasteiger partial charge on any atom is -0.379 e. The molecule has 0 aromatic carbocycles. The van der Waals surface area contributed by atoms with Crippen LogP contribution in [0.3, 0.4) is 0 Å². The van der Waals surface area contributed by atoms with E-state index in [2.05, 4.69) is 34.4 Å². The van der Waals surface area contributed by atoms with Gasteiger partial charge in [-0.05, 0) is 19.3 Å². The number of anilines is 2. The fraction of sp³-hybridized carbons (Fsp3) is 0.714. The fourth-order valence-electron chi connectivity index (χ4n) is 2.14. The third kappa shape index (κ3) is 4.35. The summed E-state index contributed by atoms with van der Waals surface area (Å²) in [6.07, 6.45) is 4.19. The summed E-state index contributed by atoms with van der Waals surface area (Å²) < 4.78 is 5.48. The highest BCUT2D eigenvalue weighted by Crippen LogP contribution is 2.16. The Morgan fingerprint density at radius 1 is 1.32 bits per heavy atom. The first-order chi connectivity index (χ1) is 9.31. The van der Waals surface area contributed by atoms with Crippen molar-refractivity contribution in [2.24, 2.45) is 0 Å². The van der Waals surface area contributed by atoms with Crippen LogP contribution in [0.25, 0.3) is 0 Å². The van der Waals surface area contributed by atoms with Crippen molar-refractivity contribution < 1.29 is 4.74 Å². The molecule has 2 N–H and O–H groups in total. The Bertz CT molecular complexity index is 391. The van der Waals surface area contributed by atoms with Crippen molar-refractivity contribution in [1.29, 1.82) is 0 Å². The van der Waals surface area contributed by atoms with Crippen LogP contribution in [0.5, 0.6) is 0 Å². The topological polar surface area (TPSA) is 59.1 Å². The molecule has 0 spiro atoms. The zero-order valence-corrected chi connectivity index (χ0v) is 11.9. The highest BCUT2D eigenvalue weighted by atomic mass is 16.5. The zero-order chi connectivity index (χ0) is 13.5. The summed E-state index contributed by atoms with van der Waals surface area (Å²) in [5, 5.41) is 6.78. The van der Waals surface area contributed by atoms with E-state index in [1.165, 1.54) is 0 Å². The monoisotopic (exact) mass is 264 g/mol. The normalized spacial score (nSPS) is 19.2. The van der Waals surface area contributed by atoms with Crippen LogP contribution in [0.15, 0.2) is 6.07 Å². The first kappa shape index (κ1) is 14.1. The largest absolute Gasteiger partial charge is 0.379 e. The van der Waals surface area contributed by atoms with Crippen LogP contribution in [0.4, 0.5) is 11.6 Å². The molecule has 0 radical (unpaired) electrons. The van der Waals surface area contributed by atoms with Gasteiger partial charge in [-0.15, -0.1) is 0 Å². The van der Waals surface area contributed by atoms with E-state index < -0.39 is 0 Å². The first-order valence-corrected chi connectivity index (χ1v) is 7.28. The average Bonchev–Trinajstić information content (AvgIpc) is 2.46. The Labute approximate surface area is 115 Å². The number of nitrogens with zero attached hydrogens (tertiary/aromatic N) is 2. The predicted molar refractivity (Wildman–Crippen MR) is 77.7 cm³/mol. The van der Waals surface area contributed by atoms with Crippen molar-refractivity contribution in [3.05, 3.63) is 11.9 Å². The molecular formula is C14H24N4O. The summed E-state index contributed by atoms with van der Waals surface area (Å²) in [5.41, 5.74) is 0. The quantitative estimate of drug-likeness (QED) is 0.826. The SMILES string of the molecule is CCCNc1cc(NC2CCCOC2)nc(CC)n1. The molecule has 0 saturated carbocycles. The molecule has 2 heterocycles. The Hall–Kier alpha value is -1.36. The summed E-state index contributed by atoms with van der Waals surface area (Å²) >= 11 is 0. The Kier molecular flexibility index (Phi) is 5.39. The average molecular weight is 264 g/mol. The molecule has 0 amide bonds. The fourth-order valence-corrected chi connectivity index (χ4v) is 2.14. The summed E-state index contributed by atoms with van der Waals surface area (Å²) in [5.74, 6) is 2.69. The molecule has 5 heteroatoms. The zero-order valence-electron chi connectivity index (χ0n) is 11.9. The van der Waals surface area contributed by atoms with Gasteiger partial charge >= 0.3 is 0 Å². The number of hydrogen-bond acceptors (Lipinski definition) is 5. The maximum atomic E-state index is 5.48. The molecule has 1 aromatic heterocycles. The van der Waals surface area contributed by atoms with E-state index in [0.717, 1.165) is 62.9 Å². The second-order valence-corrected chi connectivity index (χ2v) is 4.89. The highest BCUT2D eigenvalue weighted by molar-refractivity contribution is 5.48. The van der Waals surface area contributed by atoms with E-state index in [1.807, 2.05) is 6.07 Å². The molecule has 1 saturated heterocycles. The van der Waals surface area contributed by atoms with Crippen molar-refractivity contribution in [3.8, 4) is 0 Å². The smallest absolute Gasteiger partial charge is 0.132 e. The molecule has 1 unspecified atom stereocenters. The predicted octanol–water partition coefficient (Wildman–Crippen LogP) is 2.45. The minimum absolute atomic E-state index is 0.368. The number of hydrogen-bond donors (Lipinski definition) is 2. The first-order valence-electron chi connectivity index (χ1n) is 7.28. The van der Waals surface area contributed by atoms with Gasteiger partial charge in [0.2, 0.25) is 0 Å². The summed E-state index contributed by atoms with van der Waals surface area (Å²) in [4.78, 5) is 9.03. The molecule has 1 fully saturated rings. The van der Waals surface area contributed by atoms with Crippen molar-refractivity contribution in [2.45, 2.75) is 45.6 Å². The van der Waals surface area contributed by atoms with E-state index in [9.17, 15) is 0 Å². The van der Waals surface area contributed by atoms with E-state index in [-0.39, 0.29) is 0 Å². The van der Waals surface area contributed by atoms with Gasteiger partial charge < -0.3 is 15.4 Å². The van der Waals surface area contributed by atoms with Crippen LogP contribution < -0.4 is 10.6 Å². The number of ether oxygens (including phenoxy) is 1. The Morgan fingerprint density at radius 2 is 2.16 bits per heavy atom. The molecule has 1 aliphatic heterocycles. The molecule has 5 nitrogen and oxygen atoms in total. The van der Waals surface area contributed by atoms with Gasteiger partial charge in [0.25, 0.3) is 0 Å².